The molecular formula is C25H22Cl2N2O4. The maximum Gasteiger partial charge on any atom is 0.261 e. The molecule has 0 heterocycles. The summed E-state index contributed by atoms with van der Waals surface area (Å²) in [6.45, 7) is 2.28. The molecule has 0 unspecified atom stereocenters. The second-order valence-corrected chi connectivity index (χ2v) is 7.55. The van der Waals surface area contributed by atoms with Crippen molar-refractivity contribution < 1.29 is 19.1 Å². The average Bonchev–Trinajstić information content (AvgIpc) is 2.80. The van der Waals surface area contributed by atoms with Gasteiger partial charge in [0.2, 0.25) is 0 Å². The van der Waals surface area contributed by atoms with Crippen molar-refractivity contribution >= 4 is 52.5 Å². The molecule has 0 radical (unpaired) electrons. The van der Waals surface area contributed by atoms with Crippen LogP contribution < -0.4 is 20.1 Å². The van der Waals surface area contributed by atoms with E-state index in [0.29, 0.717) is 45.1 Å². The maximum atomic E-state index is 13.2. The number of hydrogen-bond acceptors (Lipinski definition) is 4. The first-order chi connectivity index (χ1) is 15.9. The molecular weight excluding hydrogens is 463 g/mol. The molecule has 2 amide bonds. The van der Waals surface area contributed by atoms with Gasteiger partial charge in [-0.25, -0.2) is 0 Å². The zero-order valence-corrected chi connectivity index (χ0v) is 19.5. The Bertz CT molecular complexity index is 1130. The molecule has 0 aromatic heterocycles. The van der Waals surface area contributed by atoms with E-state index in [-0.39, 0.29) is 5.57 Å². The lowest BCUT2D eigenvalue weighted by Gasteiger charge is -2.14. The van der Waals surface area contributed by atoms with E-state index in [1.807, 2.05) is 6.92 Å². The van der Waals surface area contributed by atoms with E-state index in [0.717, 1.165) is 0 Å². The predicted octanol–water partition coefficient (Wildman–Crippen LogP) is 6.06. The monoisotopic (exact) mass is 484 g/mol. The third-order valence-electron chi connectivity index (χ3n) is 4.55. The van der Waals surface area contributed by atoms with E-state index in [2.05, 4.69) is 10.6 Å². The summed E-state index contributed by atoms with van der Waals surface area (Å²) in [6, 6.07) is 18.7. The van der Waals surface area contributed by atoms with Crippen LogP contribution in [0, 0.1) is 0 Å². The fourth-order valence-electron chi connectivity index (χ4n) is 3.03. The van der Waals surface area contributed by atoms with Gasteiger partial charge in [0.25, 0.3) is 11.8 Å². The highest BCUT2D eigenvalue weighted by Gasteiger charge is 2.22. The first-order valence-electron chi connectivity index (χ1n) is 10.1. The minimum atomic E-state index is -0.656. The van der Waals surface area contributed by atoms with E-state index >= 15 is 0 Å². The first-order valence-corrected chi connectivity index (χ1v) is 10.8. The van der Waals surface area contributed by atoms with Crippen molar-refractivity contribution in [3.05, 3.63) is 87.9 Å². The van der Waals surface area contributed by atoms with E-state index in [1.54, 1.807) is 66.7 Å². The normalized spacial score (nSPS) is 10.2. The number of ether oxygens (including phenoxy) is 2. The Hall–Kier alpha value is -3.48. The SMILES string of the molecule is CCOc1cccc(C=C(C(=O)Nc2ccccc2Cl)C(=O)Nc2ccccc2Cl)c1OC. The summed E-state index contributed by atoms with van der Waals surface area (Å²) in [4.78, 5) is 26.4. The first kappa shape index (κ1) is 24.2. The number of carbonyl (C=O) groups excluding carboxylic acids is 2. The van der Waals surface area contributed by atoms with Crippen LogP contribution in [0.1, 0.15) is 12.5 Å². The van der Waals surface area contributed by atoms with Crippen LogP contribution in [0.3, 0.4) is 0 Å². The van der Waals surface area contributed by atoms with Crippen molar-refractivity contribution in [2.24, 2.45) is 0 Å². The smallest absolute Gasteiger partial charge is 0.261 e. The molecule has 0 fully saturated rings. The van der Waals surface area contributed by atoms with Gasteiger partial charge in [0.1, 0.15) is 5.57 Å². The highest BCUT2D eigenvalue weighted by molar-refractivity contribution is 6.36. The molecule has 0 atom stereocenters. The van der Waals surface area contributed by atoms with Crippen LogP contribution in [0.4, 0.5) is 11.4 Å². The largest absolute Gasteiger partial charge is 0.492 e. The molecule has 0 aliphatic carbocycles. The number of halogens is 2. The Kier molecular flexibility index (Phi) is 8.35. The molecule has 3 aromatic rings. The Morgan fingerprint density at radius 3 is 1.88 bits per heavy atom. The summed E-state index contributed by atoms with van der Waals surface area (Å²) in [5, 5.41) is 6.05. The standard InChI is InChI=1S/C25H22Cl2N2O4/c1-3-33-22-14-8-9-16(23(22)32-2)15-17(24(30)28-20-12-6-4-10-18(20)26)25(31)29-21-13-7-5-11-19(21)27/h4-15H,3H2,1-2H3,(H,28,30)(H,29,31). The molecule has 3 aromatic carbocycles. The van der Waals surface area contributed by atoms with Crippen molar-refractivity contribution in [1.29, 1.82) is 0 Å². The van der Waals surface area contributed by atoms with Crippen LogP contribution in [-0.4, -0.2) is 25.5 Å². The van der Waals surface area contributed by atoms with Gasteiger partial charge in [-0.1, -0.05) is 59.6 Å². The number of nitrogens with one attached hydrogen (secondary N) is 2. The zero-order chi connectivity index (χ0) is 23.8. The van der Waals surface area contributed by atoms with Crippen LogP contribution in [0.15, 0.2) is 72.3 Å². The van der Waals surface area contributed by atoms with Crippen LogP contribution in [0.5, 0.6) is 11.5 Å². The highest BCUT2D eigenvalue weighted by atomic mass is 35.5. The number of benzene rings is 3. The minimum absolute atomic E-state index is 0.179. The number of hydrogen-bond donors (Lipinski definition) is 2. The van der Waals surface area contributed by atoms with Gasteiger partial charge in [0.05, 0.1) is 35.1 Å². The van der Waals surface area contributed by atoms with Gasteiger partial charge in [-0.2, -0.15) is 0 Å². The maximum absolute atomic E-state index is 13.2. The van der Waals surface area contributed by atoms with Gasteiger partial charge in [-0.05, 0) is 43.3 Å². The summed E-state index contributed by atoms with van der Waals surface area (Å²) in [6.07, 6.45) is 1.43. The molecule has 170 valence electrons. The topological polar surface area (TPSA) is 76.7 Å². The number of methoxy groups -OCH3 is 1. The summed E-state index contributed by atoms with van der Waals surface area (Å²) < 4.78 is 11.1. The van der Waals surface area contributed by atoms with Gasteiger partial charge >= 0.3 is 0 Å². The Labute approximate surface area is 202 Å². The van der Waals surface area contributed by atoms with E-state index in [4.69, 9.17) is 32.7 Å². The van der Waals surface area contributed by atoms with Crippen molar-refractivity contribution in [3.8, 4) is 11.5 Å². The zero-order valence-electron chi connectivity index (χ0n) is 18.0. The average molecular weight is 485 g/mol. The fourth-order valence-corrected chi connectivity index (χ4v) is 3.39. The summed E-state index contributed by atoms with van der Waals surface area (Å²) in [5.41, 5.74) is 1.05. The molecule has 6 nitrogen and oxygen atoms in total. The number of anilines is 2. The fraction of sp³-hybridized carbons (Fsp3) is 0.120. The third kappa shape index (κ3) is 6.06. The van der Waals surface area contributed by atoms with Crippen LogP contribution in [0.25, 0.3) is 6.08 Å². The molecule has 2 N–H and O–H groups in total. The van der Waals surface area contributed by atoms with E-state index in [1.165, 1.54) is 13.2 Å². The predicted molar refractivity (Wildman–Crippen MR) is 132 cm³/mol. The van der Waals surface area contributed by atoms with Crippen LogP contribution >= 0.6 is 23.2 Å². The number of rotatable bonds is 8. The Morgan fingerprint density at radius 1 is 0.848 bits per heavy atom. The van der Waals surface area contributed by atoms with Gasteiger partial charge < -0.3 is 20.1 Å². The van der Waals surface area contributed by atoms with Gasteiger partial charge in [-0.15, -0.1) is 0 Å². The molecule has 3 rings (SSSR count). The van der Waals surface area contributed by atoms with Crippen molar-refractivity contribution in [2.75, 3.05) is 24.4 Å². The van der Waals surface area contributed by atoms with Crippen molar-refractivity contribution in [3.63, 3.8) is 0 Å². The molecule has 0 aliphatic heterocycles. The lowest BCUT2D eigenvalue weighted by Crippen LogP contribution is -2.25. The lowest BCUT2D eigenvalue weighted by molar-refractivity contribution is -0.118. The number of para-hydroxylation sites is 3. The summed E-state index contributed by atoms with van der Waals surface area (Å²) in [5.74, 6) is -0.424. The molecule has 8 heteroatoms. The highest BCUT2D eigenvalue weighted by Crippen LogP contribution is 2.33. The molecule has 33 heavy (non-hydrogen) atoms. The van der Waals surface area contributed by atoms with Gasteiger partial charge in [0, 0.05) is 5.56 Å². The molecule has 0 bridgehead atoms. The second-order valence-electron chi connectivity index (χ2n) is 6.74. The summed E-state index contributed by atoms with van der Waals surface area (Å²) in [7, 11) is 1.49. The Balaban J connectivity index is 2.04. The molecule has 0 saturated carbocycles. The van der Waals surface area contributed by atoms with Crippen molar-refractivity contribution in [1.82, 2.24) is 0 Å². The number of carbonyl (C=O) groups is 2. The van der Waals surface area contributed by atoms with E-state index in [9.17, 15) is 9.59 Å². The van der Waals surface area contributed by atoms with Gasteiger partial charge in [0.15, 0.2) is 11.5 Å². The molecule has 0 spiro atoms. The number of amides is 2. The van der Waals surface area contributed by atoms with Crippen LogP contribution in [0.2, 0.25) is 10.0 Å². The summed E-state index contributed by atoms with van der Waals surface area (Å²) >= 11 is 12.4. The van der Waals surface area contributed by atoms with Crippen molar-refractivity contribution in [2.45, 2.75) is 6.92 Å². The minimum Gasteiger partial charge on any atom is -0.492 e. The van der Waals surface area contributed by atoms with Crippen LogP contribution in [-0.2, 0) is 9.59 Å². The van der Waals surface area contributed by atoms with E-state index < -0.39 is 11.8 Å². The third-order valence-corrected chi connectivity index (χ3v) is 5.21. The molecule has 0 saturated heterocycles. The Morgan fingerprint density at radius 2 is 1.39 bits per heavy atom. The van der Waals surface area contributed by atoms with Gasteiger partial charge in [-0.3, -0.25) is 9.59 Å². The quantitative estimate of drug-likeness (QED) is 0.231. The molecule has 0 aliphatic rings. The lowest BCUT2D eigenvalue weighted by atomic mass is 10.1. The second kappa shape index (κ2) is 11.4.